The van der Waals surface area contributed by atoms with Crippen molar-refractivity contribution in [1.29, 1.82) is 0 Å². The molecule has 0 aliphatic rings. The second kappa shape index (κ2) is 6.47. The molecule has 0 N–H and O–H groups in total. The van der Waals surface area contributed by atoms with E-state index in [1.54, 1.807) is 6.92 Å². The second-order valence-electron chi connectivity index (χ2n) is 4.12. The summed E-state index contributed by atoms with van der Waals surface area (Å²) in [7, 11) is -3.72. The standard InChI is InChI=1S/C12H15NO6S/c1-3-19-12(14)8-9(2)20(17,18)11-6-4-10(5-7-11)13(15)16/h4-7,9H,3,8H2,1-2H3. The number of rotatable bonds is 6. The zero-order valence-corrected chi connectivity index (χ0v) is 11.9. The molecular formula is C12H15NO6S. The van der Waals surface area contributed by atoms with Gasteiger partial charge < -0.3 is 4.74 Å². The van der Waals surface area contributed by atoms with E-state index in [1.165, 1.54) is 6.92 Å². The topological polar surface area (TPSA) is 104 Å². The maximum Gasteiger partial charge on any atom is 0.307 e. The number of esters is 1. The summed E-state index contributed by atoms with van der Waals surface area (Å²) >= 11 is 0. The van der Waals surface area contributed by atoms with Crippen LogP contribution < -0.4 is 0 Å². The lowest BCUT2D eigenvalue weighted by atomic mass is 10.3. The number of hydrogen-bond donors (Lipinski definition) is 0. The first-order valence-corrected chi connectivity index (χ1v) is 7.47. The highest BCUT2D eigenvalue weighted by molar-refractivity contribution is 7.92. The third kappa shape index (κ3) is 3.77. The fraction of sp³-hybridized carbons (Fsp3) is 0.417. The number of ether oxygens (including phenoxy) is 1. The fourth-order valence-corrected chi connectivity index (χ4v) is 2.89. The Kier molecular flexibility index (Phi) is 5.20. The minimum Gasteiger partial charge on any atom is -0.466 e. The summed E-state index contributed by atoms with van der Waals surface area (Å²) in [5.74, 6) is -0.592. The molecule has 1 aromatic rings. The van der Waals surface area contributed by atoms with E-state index in [-0.39, 0.29) is 23.6 Å². The number of nitro benzene ring substituents is 1. The third-order valence-corrected chi connectivity index (χ3v) is 4.82. The van der Waals surface area contributed by atoms with Gasteiger partial charge in [0.05, 0.1) is 28.1 Å². The van der Waals surface area contributed by atoms with Gasteiger partial charge in [-0.05, 0) is 26.0 Å². The number of nitro groups is 1. The lowest BCUT2D eigenvalue weighted by Gasteiger charge is -2.12. The van der Waals surface area contributed by atoms with Gasteiger partial charge in [0.15, 0.2) is 9.84 Å². The van der Waals surface area contributed by atoms with Gasteiger partial charge in [-0.25, -0.2) is 8.42 Å². The monoisotopic (exact) mass is 301 g/mol. The van der Waals surface area contributed by atoms with E-state index in [0.717, 1.165) is 24.3 Å². The Morgan fingerprint density at radius 2 is 1.90 bits per heavy atom. The molecule has 0 aliphatic carbocycles. The summed E-state index contributed by atoms with van der Waals surface area (Å²) < 4.78 is 29.1. The molecule has 1 atom stereocenters. The molecule has 0 bridgehead atoms. The number of carbonyl (C=O) groups excluding carboxylic acids is 1. The van der Waals surface area contributed by atoms with Crippen LogP contribution in [0, 0.1) is 10.1 Å². The average molecular weight is 301 g/mol. The first-order valence-electron chi connectivity index (χ1n) is 5.93. The SMILES string of the molecule is CCOC(=O)CC(C)S(=O)(=O)c1ccc([N+](=O)[O-])cc1. The van der Waals surface area contributed by atoms with Crippen molar-refractivity contribution in [2.24, 2.45) is 0 Å². The molecule has 0 amide bonds. The Morgan fingerprint density at radius 3 is 2.35 bits per heavy atom. The first kappa shape index (κ1) is 16.1. The maximum atomic E-state index is 12.2. The molecule has 0 aliphatic heterocycles. The number of hydrogen-bond acceptors (Lipinski definition) is 6. The van der Waals surface area contributed by atoms with Crippen molar-refractivity contribution in [2.75, 3.05) is 6.61 Å². The number of carbonyl (C=O) groups is 1. The van der Waals surface area contributed by atoms with Gasteiger partial charge in [0.1, 0.15) is 0 Å². The lowest BCUT2D eigenvalue weighted by Crippen LogP contribution is -2.22. The van der Waals surface area contributed by atoms with Crippen LogP contribution >= 0.6 is 0 Å². The van der Waals surface area contributed by atoms with E-state index in [1.807, 2.05) is 0 Å². The number of nitrogens with zero attached hydrogens (tertiary/aromatic N) is 1. The van der Waals surface area contributed by atoms with Crippen LogP contribution in [-0.4, -0.2) is 31.2 Å². The quantitative estimate of drug-likeness (QED) is 0.450. The van der Waals surface area contributed by atoms with Crippen molar-refractivity contribution in [3.8, 4) is 0 Å². The van der Waals surface area contributed by atoms with E-state index in [9.17, 15) is 23.3 Å². The Morgan fingerprint density at radius 1 is 1.35 bits per heavy atom. The van der Waals surface area contributed by atoms with Gasteiger partial charge in [-0.1, -0.05) is 0 Å². The minimum atomic E-state index is -3.72. The van der Waals surface area contributed by atoms with Crippen LogP contribution in [0.4, 0.5) is 5.69 Å². The molecular weight excluding hydrogens is 286 g/mol. The van der Waals surface area contributed by atoms with Crippen molar-refractivity contribution in [2.45, 2.75) is 30.4 Å². The molecule has 0 radical (unpaired) electrons. The molecule has 1 unspecified atom stereocenters. The van der Waals surface area contributed by atoms with Crippen LogP contribution in [-0.2, 0) is 19.4 Å². The first-order chi connectivity index (χ1) is 9.28. The number of sulfone groups is 1. The van der Waals surface area contributed by atoms with E-state index in [2.05, 4.69) is 0 Å². The summed E-state index contributed by atoms with van der Waals surface area (Å²) in [6, 6.07) is 4.55. The van der Waals surface area contributed by atoms with Gasteiger partial charge in [-0.15, -0.1) is 0 Å². The highest BCUT2D eigenvalue weighted by atomic mass is 32.2. The largest absolute Gasteiger partial charge is 0.466 e. The summed E-state index contributed by atoms with van der Waals surface area (Å²) in [5, 5.41) is 9.55. The second-order valence-corrected chi connectivity index (χ2v) is 6.48. The average Bonchev–Trinajstić information content (AvgIpc) is 2.38. The van der Waals surface area contributed by atoms with Crippen molar-refractivity contribution < 1.29 is 22.9 Å². The Hall–Kier alpha value is -1.96. The van der Waals surface area contributed by atoms with Crippen LogP contribution in [0.1, 0.15) is 20.3 Å². The Balaban J connectivity index is 2.92. The zero-order valence-electron chi connectivity index (χ0n) is 11.1. The molecule has 0 saturated carbocycles. The van der Waals surface area contributed by atoms with Gasteiger partial charge in [-0.3, -0.25) is 14.9 Å². The summed E-state index contributed by atoms with van der Waals surface area (Å²) in [4.78, 5) is 21.1. The van der Waals surface area contributed by atoms with Gasteiger partial charge in [-0.2, -0.15) is 0 Å². The van der Waals surface area contributed by atoms with Crippen LogP contribution in [0.15, 0.2) is 29.2 Å². The molecule has 20 heavy (non-hydrogen) atoms. The van der Waals surface area contributed by atoms with Gasteiger partial charge in [0.2, 0.25) is 0 Å². The fourth-order valence-electron chi connectivity index (χ4n) is 1.55. The maximum absolute atomic E-state index is 12.2. The molecule has 0 fully saturated rings. The van der Waals surface area contributed by atoms with Crippen LogP contribution in [0.2, 0.25) is 0 Å². The molecule has 0 heterocycles. The van der Waals surface area contributed by atoms with Gasteiger partial charge in [0.25, 0.3) is 5.69 Å². The highest BCUT2D eigenvalue weighted by Crippen LogP contribution is 2.21. The molecule has 0 saturated heterocycles. The third-order valence-electron chi connectivity index (χ3n) is 2.67. The predicted octanol–water partition coefficient (Wildman–Crippen LogP) is 1.71. The summed E-state index contributed by atoms with van der Waals surface area (Å²) in [5.41, 5.74) is -0.193. The van der Waals surface area contributed by atoms with Crippen molar-refractivity contribution >= 4 is 21.5 Å². The van der Waals surface area contributed by atoms with E-state index >= 15 is 0 Å². The van der Waals surface area contributed by atoms with Crippen molar-refractivity contribution in [3.63, 3.8) is 0 Å². The number of non-ortho nitro benzene ring substituents is 1. The molecule has 1 rings (SSSR count). The molecule has 110 valence electrons. The van der Waals surface area contributed by atoms with E-state index in [0.29, 0.717) is 0 Å². The highest BCUT2D eigenvalue weighted by Gasteiger charge is 2.26. The molecule has 8 heteroatoms. The van der Waals surface area contributed by atoms with Crippen LogP contribution in [0.3, 0.4) is 0 Å². The number of benzene rings is 1. The minimum absolute atomic E-state index is 0.0556. The Labute approximate surface area is 116 Å². The van der Waals surface area contributed by atoms with E-state index in [4.69, 9.17) is 4.74 Å². The smallest absolute Gasteiger partial charge is 0.307 e. The lowest BCUT2D eigenvalue weighted by molar-refractivity contribution is -0.384. The normalized spacial score (nSPS) is 12.7. The molecule has 0 spiro atoms. The summed E-state index contributed by atoms with van der Waals surface area (Å²) in [6.45, 7) is 3.21. The van der Waals surface area contributed by atoms with Gasteiger partial charge >= 0.3 is 5.97 Å². The van der Waals surface area contributed by atoms with Crippen LogP contribution in [0.5, 0.6) is 0 Å². The Bertz CT molecular complexity index is 593. The van der Waals surface area contributed by atoms with Crippen molar-refractivity contribution in [3.05, 3.63) is 34.4 Å². The van der Waals surface area contributed by atoms with Gasteiger partial charge in [0, 0.05) is 12.1 Å². The molecule has 0 aromatic heterocycles. The predicted molar refractivity (Wildman–Crippen MR) is 71.0 cm³/mol. The van der Waals surface area contributed by atoms with Crippen molar-refractivity contribution in [1.82, 2.24) is 0 Å². The van der Waals surface area contributed by atoms with E-state index < -0.39 is 26.0 Å². The zero-order chi connectivity index (χ0) is 15.3. The molecule has 1 aromatic carbocycles. The molecule has 7 nitrogen and oxygen atoms in total. The summed E-state index contributed by atoms with van der Waals surface area (Å²) in [6.07, 6.45) is -0.257. The van der Waals surface area contributed by atoms with Crippen LogP contribution in [0.25, 0.3) is 0 Å².